The van der Waals surface area contributed by atoms with Crippen LogP contribution in [0.2, 0.25) is 0 Å². The summed E-state index contributed by atoms with van der Waals surface area (Å²) in [4.78, 5) is 2.10. The topological polar surface area (TPSA) is 3.24 Å². The zero-order valence-corrected chi connectivity index (χ0v) is 8.00. The van der Waals surface area contributed by atoms with Gasteiger partial charge >= 0.3 is 0 Å². The van der Waals surface area contributed by atoms with Gasteiger partial charge in [-0.1, -0.05) is 6.07 Å². The molecule has 1 atom stereocenters. The molecule has 0 N–H and O–H groups in total. The fourth-order valence-corrected chi connectivity index (χ4v) is 1.82. The largest absolute Gasteiger partial charge is 0.305 e. The Kier molecular flexibility index (Phi) is 2.50. The molecule has 1 aliphatic rings. The maximum Gasteiger partial charge on any atom is 0.129 e. The molecule has 2 rings (SSSR count). The van der Waals surface area contributed by atoms with Crippen LogP contribution in [0.5, 0.6) is 0 Å². The van der Waals surface area contributed by atoms with Crippen LogP contribution in [-0.4, -0.2) is 25.0 Å². The van der Waals surface area contributed by atoms with E-state index in [0.717, 1.165) is 19.2 Å². The Morgan fingerprint density at radius 3 is 2.71 bits per heavy atom. The predicted octanol–water partition coefficient (Wildman–Crippen LogP) is 2.20. The molecule has 1 unspecified atom stereocenters. The molecule has 0 aliphatic carbocycles. The molecule has 1 heterocycles. The average molecular weight is 196 g/mol. The van der Waals surface area contributed by atoms with Crippen LogP contribution in [0.1, 0.15) is 11.5 Å². The molecule has 14 heavy (non-hydrogen) atoms. The lowest BCUT2D eigenvalue weighted by Crippen LogP contribution is -2.13. The van der Waals surface area contributed by atoms with Crippen LogP contribution in [0.15, 0.2) is 18.2 Å². The molecular formula is C11H12F2N. The summed E-state index contributed by atoms with van der Waals surface area (Å²) >= 11 is 0. The summed E-state index contributed by atoms with van der Waals surface area (Å²) in [7, 11) is 1.98. The van der Waals surface area contributed by atoms with E-state index in [4.69, 9.17) is 0 Å². The van der Waals surface area contributed by atoms with Crippen molar-refractivity contribution in [2.45, 2.75) is 5.92 Å². The van der Waals surface area contributed by atoms with Crippen LogP contribution >= 0.6 is 0 Å². The Morgan fingerprint density at radius 1 is 1.36 bits per heavy atom. The Morgan fingerprint density at radius 2 is 2.14 bits per heavy atom. The van der Waals surface area contributed by atoms with E-state index in [2.05, 4.69) is 11.3 Å². The lowest BCUT2D eigenvalue weighted by atomic mass is 9.98. The molecule has 1 aromatic carbocycles. The fourth-order valence-electron chi connectivity index (χ4n) is 1.82. The minimum absolute atomic E-state index is 0.0978. The van der Waals surface area contributed by atoms with E-state index in [0.29, 0.717) is 5.56 Å². The van der Waals surface area contributed by atoms with Crippen LogP contribution in [0.3, 0.4) is 0 Å². The smallest absolute Gasteiger partial charge is 0.129 e. The molecule has 3 heteroatoms. The van der Waals surface area contributed by atoms with Crippen molar-refractivity contribution < 1.29 is 8.78 Å². The number of hydrogen-bond donors (Lipinski definition) is 0. The van der Waals surface area contributed by atoms with Crippen LogP contribution < -0.4 is 0 Å². The van der Waals surface area contributed by atoms with Crippen LogP contribution in [-0.2, 0) is 0 Å². The third-order valence-corrected chi connectivity index (χ3v) is 2.57. The molecule has 1 saturated heterocycles. The van der Waals surface area contributed by atoms with Crippen LogP contribution in [0.25, 0.3) is 0 Å². The first kappa shape index (κ1) is 9.59. The van der Waals surface area contributed by atoms with Crippen molar-refractivity contribution in [1.29, 1.82) is 0 Å². The average Bonchev–Trinajstić information content (AvgIpc) is 2.51. The summed E-state index contributed by atoms with van der Waals surface area (Å²) in [5, 5.41) is 0. The van der Waals surface area contributed by atoms with Gasteiger partial charge in [-0.2, -0.15) is 0 Å². The van der Waals surface area contributed by atoms with Crippen LogP contribution in [0, 0.1) is 18.1 Å². The molecule has 75 valence electrons. The lowest BCUT2D eigenvalue weighted by molar-refractivity contribution is 0.412. The van der Waals surface area contributed by atoms with E-state index in [1.165, 1.54) is 12.1 Å². The molecule has 1 aromatic rings. The monoisotopic (exact) mass is 196 g/mol. The maximum atomic E-state index is 13.4. The highest BCUT2D eigenvalue weighted by molar-refractivity contribution is 5.27. The summed E-state index contributed by atoms with van der Waals surface area (Å²) in [6.07, 6.45) is 2.05. The van der Waals surface area contributed by atoms with Gasteiger partial charge in [-0.25, -0.2) is 8.78 Å². The van der Waals surface area contributed by atoms with E-state index in [1.54, 1.807) is 0 Å². The summed E-state index contributed by atoms with van der Waals surface area (Å²) in [6, 6.07) is 3.79. The van der Waals surface area contributed by atoms with Gasteiger partial charge in [0.1, 0.15) is 11.6 Å². The second-order valence-electron chi connectivity index (χ2n) is 3.73. The Labute approximate surface area is 82.3 Å². The van der Waals surface area contributed by atoms with Gasteiger partial charge in [-0.15, -0.1) is 0 Å². The van der Waals surface area contributed by atoms with E-state index in [9.17, 15) is 8.78 Å². The first-order chi connectivity index (χ1) is 6.66. The summed E-state index contributed by atoms with van der Waals surface area (Å²) in [5.41, 5.74) is 0.593. The number of rotatable bonds is 1. The van der Waals surface area contributed by atoms with Gasteiger partial charge < -0.3 is 4.90 Å². The zero-order valence-electron chi connectivity index (χ0n) is 8.00. The van der Waals surface area contributed by atoms with Crippen molar-refractivity contribution in [3.8, 4) is 0 Å². The number of likely N-dealkylation sites (N-methyl/N-ethyl adjacent to an activating group) is 1. The maximum absolute atomic E-state index is 13.4. The van der Waals surface area contributed by atoms with Crippen molar-refractivity contribution in [1.82, 2.24) is 4.90 Å². The van der Waals surface area contributed by atoms with E-state index < -0.39 is 11.6 Å². The highest BCUT2D eigenvalue weighted by Crippen LogP contribution is 2.27. The third kappa shape index (κ3) is 1.77. The predicted molar refractivity (Wildman–Crippen MR) is 50.9 cm³/mol. The number of likely N-dealkylation sites (tertiary alicyclic amines) is 1. The van der Waals surface area contributed by atoms with Gasteiger partial charge in [0.2, 0.25) is 0 Å². The van der Waals surface area contributed by atoms with Gasteiger partial charge in [0, 0.05) is 25.1 Å². The zero-order chi connectivity index (χ0) is 10.1. The fraction of sp³-hybridized carbons (Fsp3) is 0.364. The number of nitrogens with zero attached hydrogens (tertiary/aromatic N) is 1. The number of hydrogen-bond acceptors (Lipinski definition) is 1. The summed E-state index contributed by atoms with van der Waals surface area (Å²) in [6.45, 7) is 1.67. The molecule has 0 aromatic heterocycles. The molecule has 1 radical (unpaired) electrons. The van der Waals surface area contributed by atoms with E-state index >= 15 is 0 Å². The van der Waals surface area contributed by atoms with Crippen molar-refractivity contribution in [3.63, 3.8) is 0 Å². The highest BCUT2D eigenvalue weighted by Gasteiger charge is 2.23. The van der Waals surface area contributed by atoms with E-state index in [1.807, 2.05) is 7.05 Å². The standard InChI is InChI=1S/C11H12F2N/c1-14-5-4-8(7-14)10-3-2-9(12)6-11(10)13/h2-4,6,8H,5,7H2,1H3. The third-order valence-electron chi connectivity index (χ3n) is 2.57. The molecule has 0 amide bonds. The Bertz CT molecular complexity index is 338. The Balaban J connectivity index is 2.24. The minimum Gasteiger partial charge on any atom is -0.305 e. The highest BCUT2D eigenvalue weighted by atomic mass is 19.1. The second kappa shape index (κ2) is 3.65. The number of benzene rings is 1. The normalized spacial score (nSPS) is 22.9. The SMILES string of the molecule is CN1C[CH]C(c2ccc(F)cc2F)C1. The van der Waals surface area contributed by atoms with Crippen molar-refractivity contribution in [2.24, 2.45) is 0 Å². The summed E-state index contributed by atoms with van der Waals surface area (Å²) in [5.74, 6) is -0.861. The van der Waals surface area contributed by atoms with Gasteiger partial charge in [0.05, 0.1) is 0 Å². The van der Waals surface area contributed by atoms with Crippen molar-refractivity contribution in [3.05, 3.63) is 41.8 Å². The quantitative estimate of drug-likeness (QED) is 0.665. The number of halogens is 2. The molecule has 0 spiro atoms. The first-order valence-corrected chi connectivity index (χ1v) is 4.63. The first-order valence-electron chi connectivity index (χ1n) is 4.63. The molecule has 1 fully saturated rings. The van der Waals surface area contributed by atoms with Crippen molar-refractivity contribution >= 4 is 0 Å². The minimum atomic E-state index is -0.516. The molecule has 0 bridgehead atoms. The van der Waals surface area contributed by atoms with Gasteiger partial charge in [0.15, 0.2) is 0 Å². The Hall–Kier alpha value is -0.960. The van der Waals surface area contributed by atoms with Gasteiger partial charge in [-0.05, 0) is 25.1 Å². The van der Waals surface area contributed by atoms with Gasteiger partial charge in [-0.3, -0.25) is 0 Å². The molecule has 0 saturated carbocycles. The van der Waals surface area contributed by atoms with Crippen molar-refractivity contribution in [2.75, 3.05) is 20.1 Å². The second-order valence-corrected chi connectivity index (χ2v) is 3.73. The van der Waals surface area contributed by atoms with E-state index in [-0.39, 0.29) is 5.92 Å². The molecule has 1 aliphatic heterocycles. The summed E-state index contributed by atoms with van der Waals surface area (Å²) < 4.78 is 26.0. The lowest BCUT2D eigenvalue weighted by Gasteiger charge is -2.11. The van der Waals surface area contributed by atoms with Gasteiger partial charge in [0.25, 0.3) is 0 Å². The molecular weight excluding hydrogens is 184 g/mol. The molecule has 1 nitrogen and oxygen atoms in total. The van der Waals surface area contributed by atoms with Crippen LogP contribution in [0.4, 0.5) is 8.78 Å².